The Labute approximate surface area is 140 Å². The van der Waals surface area contributed by atoms with E-state index in [9.17, 15) is 9.59 Å². The first-order valence-corrected chi connectivity index (χ1v) is 7.26. The number of benzene rings is 2. The van der Waals surface area contributed by atoms with Crippen LogP contribution in [0.4, 0.5) is 0 Å². The van der Waals surface area contributed by atoms with E-state index < -0.39 is 11.5 Å². The van der Waals surface area contributed by atoms with Crippen LogP contribution in [0.3, 0.4) is 0 Å². The van der Waals surface area contributed by atoms with Gasteiger partial charge >= 0.3 is 5.97 Å². The predicted molar refractivity (Wildman–Crippen MR) is 85.7 cm³/mol. The molecule has 0 bridgehead atoms. The van der Waals surface area contributed by atoms with Crippen molar-refractivity contribution in [3.8, 4) is 0 Å². The maximum Gasteiger partial charge on any atom is 0.340 e. The summed E-state index contributed by atoms with van der Waals surface area (Å²) in [6.45, 7) is -0.361. The van der Waals surface area contributed by atoms with Gasteiger partial charge in [0.15, 0.2) is 6.73 Å². The lowest BCUT2D eigenvalue weighted by Crippen LogP contribution is -2.26. The van der Waals surface area contributed by atoms with Crippen molar-refractivity contribution < 1.29 is 9.53 Å². The molecule has 0 aliphatic carbocycles. The number of carbonyl (C=O) groups excluding carboxylic acids is 1. The molecule has 0 N–H and O–H groups in total. The Bertz CT molecular complexity index is 936. The third-order valence-corrected chi connectivity index (χ3v) is 3.48. The largest absolute Gasteiger partial charge is 0.439 e. The van der Waals surface area contributed by atoms with Gasteiger partial charge in [-0.05, 0) is 30.3 Å². The van der Waals surface area contributed by atoms with Gasteiger partial charge in [-0.2, -0.15) is 4.68 Å². The Morgan fingerprint density at radius 1 is 1.13 bits per heavy atom. The van der Waals surface area contributed by atoms with Crippen LogP contribution in [-0.2, 0) is 11.5 Å². The molecular weight excluding hydrogens is 341 g/mol. The fraction of sp³-hybridized carbons (Fsp3) is 0.0667. The molecule has 1 aromatic heterocycles. The summed E-state index contributed by atoms with van der Waals surface area (Å²) in [4.78, 5) is 24.2. The zero-order valence-electron chi connectivity index (χ0n) is 11.6. The number of hydrogen-bond donors (Lipinski definition) is 0. The van der Waals surface area contributed by atoms with E-state index in [0.717, 1.165) is 4.68 Å². The summed E-state index contributed by atoms with van der Waals surface area (Å²) in [5.74, 6) is -0.670. The van der Waals surface area contributed by atoms with Crippen molar-refractivity contribution in [3.63, 3.8) is 0 Å². The van der Waals surface area contributed by atoms with Crippen LogP contribution < -0.4 is 5.56 Å². The number of halogens is 2. The first-order valence-electron chi connectivity index (χ1n) is 6.50. The average molecular weight is 350 g/mol. The molecule has 0 radical (unpaired) electrons. The Balaban J connectivity index is 1.82. The number of fused-ring (bicyclic) bond motifs is 1. The number of ether oxygens (including phenoxy) is 1. The van der Waals surface area contributed by atoms with E-state index in [-0.39, 0.29) is 12.3 Å². The molecule has 3 rings (SSSR count). The first kappa shape index (κ1) is 15.5. The molecule has 2 aromatic carbocycles. The van der Waals surface area contributed by atoms with Crippen LogP contribution >= 0.6 is 23.2 Å². The predicted octanol–water partition coefficient (Wildman–Crippen LogP) is 2.91. The minimum Gasteiger partial charge on any atom is -0.439 e. The minimum absolute atomic E-state index is 0.185. The SMILES string of the molecule is O=C(OCn1nnc2ccccc2c1=O)c1cc(Cl)cc(Cl)c1. The number of aromatic nitrogens is 3. The van der Waals surface area contributed by atoms with Crippen molar-refractivity contribution in [3.05, 3.63) is 68.4 Å². The number of carbonyl (C=O) groups is 1. The van der Waals surface area contributed by atoms with Crippen molar-refractivity contribution in [2.75, 3.05) is 0 Å². The van der Waals surface area contributed by atoms with Crippen molar-refractivity contribution in [1.29, 1.82) is 0 Å². The summed E-state index contributed by atoms with van der Waals surface area (Å²) in [6.07, 6.45) is 0. The summed E-state index contributed by atoms with van der Waals surface area (Å²) in [5.41, 5.74) is 0.263. The summed E-state index contributed by atoms with van der Waals surface area (Å²) in [5, 5.41) is 8.65. The lowest BCUT2D eigenvalue weighted by Gasteiger charge is -2.07. The molecule has 0 saturated heterocycles. The zero-order valence-corrected chi connectivity index (χ0v) is 13.1. The van der Waals surface area contributed by atoms with E-state index in [0.29, 0.717) is 20.9 Å². The van der Waals surface area contributed by atoms with Gasteiger partial charge in [0.1, 0.15) is 5.52 Å². The molecular formula is C15H9Cl2N3O3. The van der Waals surface area contributed by atoms with Crippen LogP contribution in [0.1, 0.15) is 10.4 Å². The average Bonchev–Trinajstić information content (AvgIpc) is 2.53. The fourth-order valence-electron chi connectivity index (χ4n) is 1.98. The minimum atomic E-state index is -0.670. The molecule has 3 aromatic rings. The van der Waals surface area contributed by atoms with E-state index >= 15 is 0 Å². The molecule has 0 fully saturated rings. The van der Waals surface area contributed by atoms with Crippen LogP contribution in [0, 0.1) is 0 Å². The molecule has 0 aliphatic rings. The summed E-state index contributed by atoms with van der Waals surface area (Å²) < 4.78 is 6.02. The Morgan fingerprint density at radius 3 is 2.57 bits per heavy atom. The summed E-state index contributed by atoms with van der Waals surface area (Å²) in [6, 6.07) is 11.1. The van der Waals surface area contributed by atoms with E-state index in [4.69, 9.17) is 27.9 Å². The van der Waals surface area contributed by atoms with Crippen molar-refractivity contribution >= 4 is 40.1 Å². The molecule has 1 heterocycles. The molecule has 0 unspecified atom stereocenters. The van der Waals surface area contributed by atoms with Crippen molar-refractivity contribution in [2.45, 2.75) is 6.73 Å². The highest BCUT2D eigenvalue weighted by Gasteiger charge is 2.11. The summed E-state index contributed by atoms with van der Waals surface area (Å²) >= 11 is 11.7. The highest BCUT2D eigenvalue weighted by molar-refractivity contribution is 6.35. The summed E-state index contributed by atoms with van der Waals surface area (Å²) in [7, 11) is 0. The van der Waals surface area contributed by atoms with Gasteiger partial charge in [-0.3, -0.25) is 4.79 Å². The molecule has 0 saturated carbocycles. The van der Waals surface area contributed by atoms with Gasteiger partial charge in [0.05, 0.1) is 10.9 Å². The van der Waals surface area contributed by atoms with Crippen LogP contribution in [0.25, 0.3) is 10.9 Å². The quantitative estimate of drug-likeness (QED) is 0.679. The third kappa shape index (κ3) is 3.33. The maximum absolute atomic E-state index is 12.2. The molecule has 23 heavy (non-hydrogen) atoms. The highest BCUT2D eigenvalue weighted by Crippen LogP contribution is 2.19. The van der Waals surface area contributed by atoms with Crippen LogP contribution in [0.2, 0.25) is 10.0 Å². The van der Waals surface area contributed by atoms with E-state index in [2.05, 4.69) is 10.3 Å². The Hall–Kier alpha value is -2.44. The standard InChI is InChI=1S/C15H9Cl2N3O3/c16-10-5-9(6-11(17)7-10)15(22)23-8-20-14(21)12-3-1-2-4-13(12)18-19-20/h1-7H,8H2. The topological polar surface area (TPSA) is 74.1 Å². The van der Waals surface area contributed by atoms with Gasteiger partial charge in [-0.1, -0.05) is 40.5 Å². The monoisotopic (exact) mass is 349 g/mol. The highest BCUT2D eigenvalue weighted by atomic mass is 35.5. The molecule has 0 aliphatic heterocycles. The van der Waals surface area contributed by atoms with Crippen LogP contribution in [0.5, 0.6) is 0 Å². The lowest BCUT2D eigenvalue weighted by molar-refractivity contribution is 0.0336. The van der Waals surface area contributed by atoms with Crippen molar-refractivity contribution in [1.82, 2.24) is 15.0 Å². The zero-order chi connectivity index (χ0) is 16.4. The van der Waals surface area contributed by atoms with Crippen molar-refractivity contribution in [2.24, 2.45) is 0 Å². The maximum atomic E-state index is 12.2. The Morgan fingerprint density at radius 2 is 1.83 bits per heavy atom. The molecule has 116 valence electrons. The Kier molecular flexibility index (Phi) is 4.27. The number of hydrogen-bond acceptors (Lipinski definition) is 5. The lowest BCUT2D eigenvalue weighted by atomic mass is 10.2. The number of nitrogens with zero attached hydrogens (tertiary/aromatic N) is 3. The molecule has 8 heteroatoms. The first-order chi connectivity index (χ1) is 11.0. The van der Waals surface area contributed by atoms with Gasteiger partial charge in [-0.15, -0.1) is 5.10 Å². The van der Waals surface area contributed by atoms with Gasteiger partial charge in [0.25, 0.3) is 5.56 Å². The molecule has 0 spiro atoms. The second-order valence-electron chi connectivity index (χ2n) is 4.63. The molecule has 0 amide bonds. The van der Waals surface area contributed by atoms with Crippen LogP contribution in [0.15, 0.2) is 47.3 Å². The number of esters is 1. The molecule has 0 atom stereocenters. The van der Waals surface area contributed by atoms with Gasteiger partial charge < -0.3 is 4.74 Å². The fourth-order valence-corrected chi connectivity index (χ4v) is 2.51. The third-order valence-electron chi connectivity index (χ3n) is 3.05. The van der Waals surface area contributed by atoms with Gasteiger partial charge in [-0.25, -0.2) is 4.79 Å². The van der Waals surface area contributed by atoms with Crippen LogP contribution in [-0.4, -0.2) is 21.0 Å². The number of rotatable bonds is 3. The second-order valence-corrected chi connectivity index (χ2v) is 5.50. The second kappa shape index (κ2) is 6.36. The van der Waals surface area contributed by atoms with Gasteiger partial charge in [0, 0.05) is 10.0 Å². The van der Waals surface area contributed by atoms with Gasteiger partial charge in [0.2, 0.25) is 0 Å². The van der Waals surface area contributed by atoms with E-state index in [1.165, 1.54) is 18.2 Å². The normalized spacial score (nSPS) is 10.7. The smallest absolute Gasteiger partial charge is 0.340 e. The van der Waals surface area contributed by atoms with E-state index in [1.807, 2.05) is 0 Å². The van der Waals surface area contributed by atoms with E-state index in [1.54, 1.807) is 24.3 Å². The molecule has 6 nitrogen and oxygen atoms in total.